The van der Waals surface area contributed by atoms with Gasteiger partial charge in [-0.1, -0.05) is 54.6 Å². The van der Waals surface area contributed by atoms with Crippen LogP contribution in [0.15, 0.2) is 97.5 Å². The number of fused-ring (bicyclic) bond motifs is 2. The Labute approximate surface area is 215 Å². The molecule has 2 aromatic heterocycles. The van der Waals surface area contributed by atoms with Crippen molar-refractivity contribution in [1.29, 1.82) is 0 Å². The van der Waals surface area contributed by atoms with Crippen LogP contribution in [0.3, 0.4) is 0 Å². The van der Waals surface area contributed by atoms with Gasteiger partial charge < -0.3 is 15.5 Å². The van der Waals surface area contributed by atoms with E-state index in [1.54, 1.807) is 0 Å². The fraction of sp³-hybridized carbons (Fsp3) is 0.167. The second-order valence-corrected chi connectivity index (χ2v) is 9.27. The Bertz CT molecular complexity index is 1520. The molecule has 0 saturated carbocycles. The Morgan fingerprint density at radius 3 is 2.32 bits per heavy atom. The quantitative estimate of drug-likeness (QED) is 0.353. The number of pyridine rings is 1. The van der Waals surface area contributed by atoms with Gasteiger partial charge in [-0.15, -0.1) is 0 Å². The Balaban J connectivity index is 0.989. The summed E-state index contributed by atoms with van der Waals surface area (Å²) in [4.78, 5) is 23.7. The molecule has 0 unspecified atom stereocenters. The molecule has 0 spiro atoms. The van der Waals surface area contributed by atoms with Crippen molar-refractivity contribution in [2.75, 3.05) is 11.4 Å². The number of hydrogen-bond acceptors (Lipinski definition) is 4. The maximum Gasteiger partial charge on any atom is 0.315 e. The van der Waals surface area contributed by atoms with Gasteiger partial charge in [-0.25, -0.2) is 14.8 Å². The number of imidazole rings is 1. The van der Waals surface area contributed by atoms with Crippen LogP contribution < -0.4 is 15.5 Å². The molecule has 2 N–H and O–H groups in total. The predicted octanol–water partition coefficient (Wildman–Crippen LogP) is 4.98. The molecule has 0 bridgehead atoms. The predicted molar refractivity (Wildman–Crippen MR) is 146 cm³/mol. The maximum absolute atomic E-state index is 12.4. The van der Waals surface area contributed by atoms with E-state index < -0.39 is 0 Å². The molecule has 37 heavy (non-hydrogen) atoms. The minimum absolute atomic E-state index is 0.207. The minimum atomic E-state index is -0.207. The van der Waals surface area contributed by atoms with Crippen LogP contribution in [0.2, 0.25) is 0 Å². The highest BCUT2D eigenvalue weighted by Gasteiger charge is 2.16. The van der Waals surface area contributed by atoms with Crippen LogP contribution in [0.25, 0.3) is 16.7 Å². The molecule has 0 radical (unpaired) electrons. The summed E-state index contributed by atoms with van der Waals surface area (Å²) in [6, 6.07) is 28.6. The van der Waals surface area contributed by atoms with Gasteiger partial charge in [0, 0.05) is 38.1 Å². The molecule has 7 nitrogen and oxygen atoms in total. The van der Waals surface area contributed by atoms with E-state index >= 15 is 0 Å². The van der Waals surface area contributed by atoms with Crippen LogP contribution in [-0.2, 0) is 26.1 Å². The SMILES string of the molecule is O=C(NCc1ccc(-n2cnc3ccccc32)cc1)NCc1ccc(N2CCc3ccccc3C2)nc1. The van der Waals surface area contributed by atoms with Gasteiger partial charge in [0.25, 0.3) is 0 Å². The summed E-state index contributed by atoms with van der Waals surface area (Å²) in [6.45, 7) is 2.71. The van der Waals surface area contributed by atoms with E-state index in [9.17, 15) is 4.79 Å². The molecule has 184 valence electrons. The van der Waals surface area contributed by atoms with E-state index in [1.807, 2.05) is 67.1 Å². The van der Waals surface area contributed by atoms with Gasteiger partial charge in [0.05, 0.1) is 11.0 Å². The number of hydrogen-bond donors (Lipinski definition) is 2. The fourth-order valence-electron chi connectivity index (χ4n) is 4.77. The first-order valence-electron chi connectivity index (χ1n) is 12.5. The molecule has 0 saturated heterocycles. The summed E-state index contributed by atoms with van der Waals surface area (Å²) in [5, 5.41) is 5.85. The second-order valence-electron chi connectivity index (χ2n) is 9.27. The van der Waals surface area contributed by atoms with Gasteiger partial charge >= 0.3 is 6.03 Å². The van der Waals surface area contributed by atoms with Crippen molar-refractivity contribution >= 4 is 22.9 Å². The standard InChI is InChI=1S/C30H28N6O/c37-30(32-17-22-9-12-26(13-10-22)36-21-34-27-7-3-4-8-28(27)36)33-19-23-11-14-29(31-18-23)35-16-15-24-5-1-2-6-25(24)20-35/h1-14,18,21H,15-17,19-20H2,(H2,32,33,37). The van der Waals surface area contributed by atoms with Crippen LogP contribution >= 0.6 is 0 Å². The smallest absolute Gasteiger partial charge is 0.315 e. The number of para-hydroxylation sites is 2. The highest BCUT2D eigenvalue weighted by atomic mass is 16.2. The lowest BCUT2D eigenvalue weighted by Gasteiger charge is -2.29. The van der Waals surface area contributed by atoms with Gasteiger partial charge in [0.15, 0.2) is 0 Å². The molecule has 6 rings (SSSR count). The zero-order valence-electron chi connectivity index (χ0n) is 20.5. The molecular weight excluding hydrogens is 460 g/mol. The lowest BCUT2D eigenvalue weighted by Crippen LogP contribution is -2.34. The topological polar surface area (TPSA) is 75.1 Å². The molecule has 7 heteroatoms. The Kier molecular flexibility index (Phi) is 6.25. The van der Waals surface area contributed by atoms with Gasteiger partial charge in [-0.05, 0) is 59.0 Å². The number of rotatable bonds is 6. The number of nitrogens with one attached hydrogen (secondary N) is 2. The van der Waals surface area contributed by atoms with Crippen molar-refractivity contribution in [2.45, 2.75) is 26.1 Å². The average Bonchev–Trinajstić information content (AvgIpc) is 3.39. The van der Waals surface area contributed by atoms with Crippen molar-refractivity contribution in [1.82, 2.24) is 25.2 Å². The third kappa shape index (κ3) is 5.02. The molecule has 5 aromatic rings. The number of nitrogens with zero attached hydrogens (tertiary/aromatic N) is 4. The Hall–Kier alpha value is -4.65. The highest BCUT2D eigenvalue weighted by Crippen LogP contribution is 2.23. The first-order chi connectivity index (χ1) is 18.2. The summed E-state index contributed by atoms with van der Waals surface area (Å²) in [7, 11) is 0. The van der Waals surface area contributed by atoms with Gasteiger partial charge in [-0.2, -0.15) is 0 Å². The molecule has 0 fully saturated rings. The number of carbonyl (C=O) groups excluding carboxylic acids is 1. The lowest BCUT2D eigenvalue weighted by atomic mass is 10.00. The van der Waals surface area contributed by atoms with E-state index in [2.05, 4.69) is 60.4 Å². The van der Waals surface area contributed by atoms with Gasteiger partial charge in [0.2, 0.25) is 0 Å². The van der Waals surface area contributed by atoms with Crippen LogP contribution in [0, 0.1) is 0 Å². The zero-order chi connectivity index (χ0) is 25.0. The van der Waals surface area contributed by atoms with E-state index in [0.29, 0.717) is 13.1 Å². The number of anilines is 1. The van der Waals surface area contributed by atoms with E-state index in [1.165, 1.54) is 11.1 Å². The van der Waals surface area contributed by atoms with Crippen LogP contribution in [-0.4, -0.2) is 27.1 Å². The van der Waals surface area contributed by atoms with Crippen LogP contribution in [0.1, 0.15) is 22.3 Å². The van der Waals surface area contributed by atoms with Gasteiger partial charge in [0.1, 0.15) is 12.1 Å². The summed E-state index contributed by atoms with van der Waals surface area (Å²) in [6.07, 6.45) is 4.71. The van der Waals surface area contributed by atoms with Gasteiger partial charge in [-0.3, -0.25) is 4.57 Å². The molecule has 0 atom stereocenters. The zero-order valence-corrected chi connectivity index (χ0v) is 20.5. The summed E-state index contributed by atoms with van der Waals surface area (Å²) in [5.74, 6) is 0.967. The number of urea groups is 1. The monoisotopic (exact) mass is 488 g/mol. The molecule has 1 aliphatic heterocycles. The fourth-order valence-corrected chi connectivity index (χ4v) is 4.77. The largest absolute Gasteiger partial charge is 0.352 e. The number of benzene rings is 3. The molecule has 3 heterocycles. The summed E-state index contributed by atoms with van der Waals surface area (Å²) < 4.78 is 2.06. The normalized spacial score (nSPS) is 12.8. The molecule has 0 aliphatic carbocycles. The van der Waals surface area contributed by atoms with Crippen molar-refractivity contribution in [3.05, 3.63) is 120 Å². The molecular formula is C30H28N6O. The third-order valence-corrected chi connectivity index (χ3v) is 6.84. The van der Waals surface area contributed by atoms with Crippen molar-refractivity contribution < 1.29 is 4.79 Å². The minimum Gasteiger partial charge on any atom is -0.352 e. The number of aromatic nitrogens is 3. The Morgan fingerprint density at radius 2 is 1.51 bits per heavy atom. The van der Waals surface area contributed by atoms with Crippen LogP contribution in [0.4, 0.5) is 10.6 Å². The van der Waals surface area contributed by atoms with Crippen molar-refractivity contribution in [2.24, 2.45) is 0 Å². The molecule has 1 aliphatic rings. The summed E-state index contributed by atoms with van der Waals surface area (Å²) >= 11 is 0. The number of carbonyl (C=O) groups is 1. The number of amides is 2. The van der Waals surface area contributed by atoms with E-state index in [4.69, 9.17) is 0 Å². The van der Waals surface area contributed by atoms with Crippen LogP contribution in [0.5, 0.6) is 0 Å². The highest BCUT2D eigenvalue weighted by molar-refractivity contribution is 5.77. The first-order valence-corrected chi connectivity index (χ1v) is 12.5. The van der Waals surface area contributed by atoms with E-state index in [0.717, 1.165) is 53.2 Å². The summed E-state index contributed by atoms with van der Waals surface area (Å²) in [5.41, 5.74) is 7.84. The third-order valence-electron chi connectivity index (χ3n) is 6.84. The second kappa shape index (κ2) is 10.1. The van der Waals surface area contributed by atoms with E-state index in [-0.39, 0.29) is 6.03 Å². The molecule has 3 aromatic carbocycles. The van der Waals surface area contributed by atoms with Crippen molar-refractivity contribution in [3.63, 3.8) is 0 Å². The average molecular weight is 489 g/mol. The molecule has 2 amide bonds. The Morgan fingerprint density at radius 1 is 0.784 bits per heavy atom. The lowest BCUT2D eigenvalue weighted by molar-refractivity contribution is 0.240. The van der Waals surface area contributed by atoms with Crippen molar-refractivity contribution in [3.8, 4) is 5.69 Å². The maximum atomic E-state index is 12.4. The first kappa shape index (κ1) is 22.8.